The Morgan fingerprint density at radius 3 is 2.89 bits per heavy atom. The number of aryl methyl sites for hydroxylation is 1. The Kier molecular flexibility index (Phi) is 3.74. The number of piperidine rings is 1. The maximum Gasteiger partial charge on any atom is 0.219 e. The fraction of sp³-hybridized carbons (Fsp3) is 0.727. The van der Waals surface area contributed by atoms with E-state index in [0.717, 1.165) is 0 Å². The summed E-state index contributed by atoms with van der Waals surface area (Å²) in [7, 11) is -3.38. The number of rotatable bonds is 3. The zero-order chi connectivity index (χ0) is 13.3. The van der Waals surface area contributed by atoms with Crippen molar-refractivity contribution >= 4 is 10.0 Å². The second-order valence-corrected chi connectivity index (χ2v) is 6.85. The van der Waals surface area contributed by atoms with Gasteiger partial charge in [0.25, 0.3) is 0 Å². The third kappa shape index (κ3) is 2.90. The van der Waals surface area contributed by atoms with Crippen LogP contribution in [-0.4, -0.2) is 42.2 Å². The predicted molar refractivity (Wildman–Crippen MR) is 65.2 cm³/mol. The lowest BCUT2D eigenvalue weighted by molar-refractivity contribution is 0.0628. The van der Waals surface area contributed by atoms with Crippen molar-refractivity contribution in [1.29, 1.82) is 0 Å². The fourth-order valence-electron chi connectivity index (χ4n) is 2.11. The van der Waals surface area contributed by atoms with Gasteiger partial charge < -0.3 is 9.63 Å². The number of hydrogen-bond donors (Lipinski definition) is 1. The minimum absolute atomic E-state index is 0.0347. The molecule has 1 aromatic rings. The van der Waals surface area contributed by atoms with Crippen molar-refractivity contribution in [3.63, 3.8) is 0 Å². The Morgan fingerprint density at radius 2 is 2.33 bits per heavy atom. The summed E-state index contributed by atoms with van der Waals surface area (Å²) >= 11 is 0. The number of aromatic nitrogens is 1. The van der Waals surface area contributed by atoms with E-state index in [9.17, 15) is 13.5 Å². The van der Waals surface area contributed by atoms with Gasteiger partial charge in [-0.1, -0.05) is 12.1 Å². The number of aliphatic hydroxyl groups excluding tert-OH is 1. The average Bonchev–Trinajstić information content (AvgIpc) is 2.67. The molecule has 1 fully saturated rings. The molecule has 0 amide bonds. The van der Waals surface area contributed by atoms with E-state index >= 15 is 0 Å². The van der Waals surface area contributed by atoms with Crippen LogP contribution in [0, 0.1) is 12.8 Å². The van der Waals surface area contributed by atoms with Gasteiger partial charge in [0.15, 0.2) is 0 Å². The molecule has 1 aliphatic heterocycles. The van der Waals surface area contributed by atoms with Crippen molar-refractivity contribution in [1.82, 2.24) is 9.46 Å². The summed E-state index contributed by atoms with van der Waals surface area (Å²) in [6.45, 7) is 4.31. The number of nitrogens with zero attached hydrogens (tertiary/aromatic N) is 2. The zero-order valence-corrected chi connectivity index (χ0v) is 11.4. The van der Waals surface area contributed by atoms with E-state index in [0.29, 0.717) is 31.0 Å². The van der Waals surface area contributed by atoms with Crippen molar-refractivity contribution in [2.24, 2.45) is 5.92 Å². The molecule has 0 aliphatic carbocycles. The van der Waals surface area contributed by atoms with Crippen LogP contribution in [0.2, 0.25) is 0 Å². The van der Waals surface area contributed by atoms with Crippen molar-refractivity contribution in [3.8, 4) is 0 Å². The number of hydrogen-bond acceptors (Lipinski definition) is 5. The van der Waals surface area contributed by atoms with Crippen LogP contribution >= 0.6 is 0 Å². The van der Waals surface area contributed by atoms with Gasteiger partial charge in [0.05, 0.1) is 6.10 Å². The average molecular weight is 274 g/mol. The minimum atomic E-state index is -3.38. The van der Waals surface area contributed by atoms with Crippen molar-refractivity contribution in [2.45, 2.75) is 32.1 Å². The normalized spacial score (nSPS) is 26.4. The van der Waals surface area contributed by atoms with Gasteiger partial charge in [-0.25, -0.2) is 12.7 Å². The summed E-state index contributed by atoms with van der Waals surface area (Å²) in [5.74, 6) is 0.419. The van der Waals surface area contributed by atoms with E-state index in [-0.39, 0.29) is 11.7 Å². The first-order valence-electron chi connectivity index (χ1n) is 5.96. The summed E-state index contributed by atoms with van der Waals surface area (Å²) < 4.78 is 30.6. The molecule has 1 aromatic heterocycles. The molecule has 7 heteroatoms. The van der Waals surface area contributed by atoms with Crippen LogP contribution < -0.4 is 0 Å². The Morgan fingerprint density at radius 1 is 1.61 bits per heavy atom. The molecule has 18 heavy (non-hydrogen) atoms. The first-order valence-corrected chi connectivity index (χ1v) is 7.57. The van der Waals surface area contributed by atoms with Crippen molar-refractivity contribution in [3.05, 3.63) is 17.5 Å². The number of aliphatic hydroxyl groups is 1. The molecule has 1 N–H and O–H groups in total. The summed E-state index contributed by atoms with van der Waals surface area (Å²) in [4.78, 5) is 0. The standard InChI is InChI=1S/C11H18N2O4S/c1-8-6-13(4-3-11(8)14)18(15,16)7-10-5-9(2)17-12-10/h5,8,11,14H,3-4,6-7H2,1-2H3. The van der Waals surface area contributed by atoms with E-state index in [1.54, 1.807) is 13.0 Å². The molecule has 0 aromatic carbocycles. The molecule has 6 nitrogen and oxygen atoms in total. The molecule has 0 bridgehead atoms. The van der Waals surface area contributed by atoms with Crippen molar-refractivity contribution < 1.29 is 18.0 Å². The van der Waals surface area contributed by atoms with Gasteiger partial charge in [-0.2, -0.15) is 0 Å². The molecule has 102 valence electrons. The Labute approximate surface area is 107 Å². The molecule has 0 spiro atoms. The van der Waals surface area contributed by atoms with E-state index < -0.39 is 16.1 Å². The third-order valence-corrected chi connectivity index (χ3v) is 5.00. The largest absolute Gasteiger partial charge is 0.393 e. The summed E-state index contributed by atoms with van der Waals surface area (Å²) in [5.41, 5.74) is 0.422. The summed E-state index contributed by atoms with van der Waals surface area (Å²) in [6, 6.07) is 1.62. The van der Waals surface area contributed by atoms with E-state index in [4.69, 9.17) is 4.52 Å². The van der Waals surface area contributed by atoms with Gasteiger partial charge >= 0.3 is 0 Å². The van der Waals surface area contributed by atoms with Crippen LogP contribution in [-0.2, 0) is 15.8 Å². The van der Waals surface area contributed by atoms with Crippen molar-refractivity contribution in [2.75, 3.05) is 13.1 Å². The van der Waals surface area contributed by atoms with E-state index in [2.05, 4.69) is 5.16 Å². The van der Waals surface area contributed by atoms with Gasteiger partial charge in [-0.3, -0.25) is 0 Å². The smallest absolute Gasteiger partial charge is 0.219 e. The SMILES string of the molecule is Cc1cc(CS(=O)(=O)N2CCC(O)C(C)C2)no1. The second kappa shape index (κ2) is 4.99. The highest BCUT2D eigenvalue weighted by atomic mass is 32.2. The van der Waals surface area contributed by atoms with Gasteiger partial charge in [0.1, 0.15) is 17.2 Å². The molecule has 2 unspecified atom stereocenters. The zero-order valence-electron chi connectivity index (χ0n) is 10.5. The fourth-order valence-corrected chi connectivity index (χ4v) is 3.65. The van der Waals surface area contributed by atoms with Gasteiger partial charge in [-0.05, 0) is 19.3 Å². The molecule has 1 aliphatic rings. The molecule has 2 heterocycles. The Hall–Kier alpha value is -0.920. The lowest BCUT2D eigenvalue weighted by atomic mass is 9.99. The van der Waals surface area contributed by atoms with Crippen LogP contribution in [0.15, 0.2) is 10.6 Å². The highest BCUT2D eigenvalue weighted by Gasteiger charge is 2.32. The molecule has 2 rings (SSSR count). The highest BCUT2D eigenvalue weighted by Crippen LogP contribution is 2.21. The quantitative estimate of drug-likeness (QED) is 0.868. The first kappa shape index (κ1) is 13.5. The van der Waals surface area contributed by atoms with E-state index in [1.165, 1.54) is 4.31 Å². The summed E-state index contributed by atoms with van der Waals surface area (Å²) in [6.07, 6.45) is 0.0730. The monoisotopic (exact) mass is 274 g/mol. The second-order valence-electron chi connectivity index (χ2n) is 4.88. The topological polar surface area (TPSA) is 83.6 Å². The third-order valence-electron chi connectivity index (χ3n) is 3.22. The molecular weight excluding hydrogens is 256 g/mol. The molecular formula is C11H18N2O4S. The van der Waals surface area contributed by atoms with Gasteiger partial charge in [0, 0.05) is 19.2 Å². The van der Waals surface area contributed by atoms with Crippen LogP contribution in [0.1, 0.15) is 24.8 Å². The van der Waals surface area contributed by atoms with Gasteiger partial charge in [-0.15, -0.1) is 0 Å². The maximum atomic E-state index is 12.2. The predicted octanol–water partition coefficient (Wildman–Crippen LogP) is 0.516. The Bertz CT molecular complexity index is 511. The number of sulfonamides is 1. The van der Waals surface area contributed by atoms with Crippen LogP contribution in [0.3, 0.4) is 0 Å². The molecule has 1 saturated heterocycles. The van der Waals surface area contributed by atoms with Crippen LogP contribution in [0.25, 0.3) is 0 Å². The molecule has 2 atom stereocenters. The maximum absolute atomic E-state index is 12.2. The highest BCUT2D eigenvalue weighted by molar-refractivity contribution is 7.88. The lowest BCUT2D eigenvalue weighted by Crippen LogP contribution is -2.45. The minimum Gasteiger partial charge on any atom is -0.393 e. The Balaban J connectivity index is 2.07. The molecule has 0 saturated carbocycles. The van der Waals surface area contributed by atoms with Crippen LogP contribution in [0.5, 0.6) is 0 Å². The van der Waals surface area contributed by atoms with Crippen LogP contribution in [0.4, 0.5) is 0 Å². The summed E-state index contributed by atoms with van der Waals surface area (Å²) in [5, 5.41) is 13.3. The van der Waals surface area contributed by atoms with E-state index in [1.807, 2.05) is 6.92 Å². The lowest BCUT2D eigenvalue weighted by Gasteiger charge is -2.33. The van der Waals surface area contributed by atoms with Gasteiger partial charge in [0.2, 0.25) is 10.0 Å². The first-order chi connectivity index (χ1) is 8.38. The molecule has 0 radical (unpaired) electrons.